The number of piperidine rings is 1. The molecule has 0 saturated carbocycles. The SMILES string of the molecule is O=C(CCc1ccccc1)Nc1ccc(N2CCC(NC3CCOCC3)CC2)cc1. The van der Waals surface area contributed by atoms with Crippen LogP contribution >= 0.6 is 0 Å². The van der Waals surface area contributed by atoms with Crippen LogP contribution < -0.4 is 15.5 Å². The molecule has 2 aromatic carbocycles. The Hall–Kier alpha value is -2.37. The lowest BCUT2D eigenvalue weighted by molar-refractivity contribution is -0.116. The zero-order valence-electron chi connectivity index (χ0n) is 17.7. The fourth-order valence-electron chi connectivity index (χ4n) is 4.38. The topological polar surface area (TPSA) is 53.6 Å². The van der Waals surface area contributed by atoms with Crippen molar-refractivity contribution in [1.82, 2.24) is 5.32 Å². The molecule has 30 heavy (non-hydrogen) atoms. The first-order valence-corrected chi connectivity index (χ1v) is 11.3. The third-order valence-electron chi connectivity index (χ3n) is 6.19. The number of carbonyl (C=O) groups is 1. The van der Waals surface area contributed by atoms with E-state index in [1.165, 1.54) is 24.1 Å². The smallest absolute Gasteiger partial charge is 0.224 e. The summed E-state index contributed by atoms with van der Waals surface area (Å²) < 4.78 is 5.46. The van der Waals surface area contributed by atoms with E-state index in [4.69, 9.17) is 4.74 Å². The molecule has 2 fully saturated rings. The Labute approximate surface area is 179 Å². The number of anilines is 2. The van der Waals surface area contributed by atoms with Crippen molar-refractivity contribution in [2.24, 2.45) is 0 Å². The van der Waals surface area contributed by atoms with E-state index in [0.717, 1.165) is 51.3 Å². The number of aryl methyl sites for hydroxylation is 1. The number of nitrogens with one attached hydrogen (secondary N) is 2. The number of benzene rings is 2. The molecule has 5 nitrogen and oxygen atoms in total. The summed E-state index contributed by atoms with van der Waals surface area (Å²) in [6, 6.07) is 19.7. The molecule has 160 valence electrons. The van der Waals surface area contributed by atoms with Crippen molar-refractivity contribution in [2.75, 3.05) is 36.5 Å². The molecule has 0 spiro atoms. The maximum Gasteiger partial charge on any atom is 0.224 e. The third kappa shape index (κ3) is 6.07. The van der Waals surface area contributed by atoms with E-state index in [9.17, 15) is 4.79 Å². The number of rotatable bonds is 7. The number of amides is 1. The summed E-state index contributed by atoms with van der Waals surface area (Å²) in [7, 11) is 0. The monoisotopic (exact) mass is 407 g/mol. The molecular weight excluding hydrogens is 374 g/mol. The number of hydrogen-bond donors (Lipinski definition) is 2. The van der Waals surface area contributed by atoms with E-state index in [1.54, 1.807) is 0 Å². The highest BCUT2D eigenvalue weighted by molar-refractivity contribution is 5.91. The van der Waals surface area contributed by atoms with Crippen LogP contribution in [0.25, 0.3) is 0 Å². The average molecular weight is 408 g/mol. The van der Waals surface area contributed by atoms with E-state index < -0.39 is 0 Å². The van der Waals surface area contributed by atoms with E-state index in [0.29, 0.717) is 18.5 Å². The van der Waals surface area contributed by atoms with Gasteiger partial charge in [0.2, 0.25) is 5.91 Å². The highest BCUT2D eigenvalue weighted by Crippen LogP contribution is 2.23. The number of ether oxygens (including phenoxy) is 1. The van der Waals surface area contributed by atoms with Gasteiger partial charge in [0, 0.05) is 56.2 Å². The van der Waals surface area contributed by atoms with Crippen LogP contribution in [0, 0.1) is 0 Å². The summed E-state index contributed by atoms with van der Waals surface area (Å²) in [6.45, 7) is 3.94. The first-order valence-electron chi connectivity index (χ1n) is 11.3. The minimum absolute atomic E-state index is 0.0617. The fraction of sp³-hybridized carbons (Fsp3) is 0.480. The normalized spacial score (nSPS) is 18.3. The molecule has 4 rings (SSSR count). The summed E-state index contributed by atoms with van der Waals surface area (Å²) in [5.74, 6) is 0.0617. The van der Waals surface area contributed by atoms with Gasteiger partial charge in [-0.15, -0.1) is 0 Å². The van der Waals surface area contributed by atoms with Gasteiger partial charge >= 0.3 is 0 Å². The molecule has 2 heterocycles. The second-order valence-electron chi connectivity index (χ2n) is 8.40. The molecule has 2 aromatic rings. The van der Waals surface area contributed by atoms with Gasteiger partial charge in [0.25, 0.3) is 0 Å². The predicted octanol–water partition coefficient (Wildman–Crippen LogP) is 4.00. The van der Waals surface area contributed by atoms with Crippen molar-refractivity contribution in [3.8, 4) is 0 Å². The van der Waals surface area contributed by atoms with E-state index in [1.807, 2.05) is 30.3 Å². The van der Waals surface area contributed by atoms with Crippen molar-refractivity contribution in [3.05, 3.63) is 60.2 Å². The third-order valence-corrected chi connectivity index (χ3v) is 6.19. The lowest BCUT2D eigenvalue weighted by atomic mass is 10.0. The molecular formula is C25H33N3O2. The summed E-state index contributed by atoms with van der Waals surface area (Å²) in [6.07, 6.45) is 5.89. The zero-order valence-corrected chi connectivity index (χ0v) is 17.7. The van der Waals surface area contributed by atoms with Crippen LogP contribution in [0.2, 0.25) is 0 Å². The number of hydrogen-bond acceptors (Lipinski definition) is 4. The Morgan fingerprint density at radius 2 is 1.57 bits per heavy atom. The van der Waals surface area contributed by atoms with Crippen molar-refractivity contribution in [1.29, 1.82) is 0 Å². The molecule has 2 aliphatic rings. The summed E-state index contributed by atoms with van der Waals surface area (Å²) >= 11 is 0. The van der Waals surface area contributed by atoms with E-state index >= 15 is 0 Å². The lowest BCUT2D eigenvalue weighted by Crippen LogP contribution is -2.47. The molecule has 0 aliphatic carbocycles. The predicted molar refractivity (Wildman–Crippen MR) is 122 cm³/mol. The summed E-state index contributed by atoms with van der Waals surface area (Å²) in [5, 5.41) is 6.85. The fourth-order valence-corrected chi connectivity index (χ4v) is 4.38. The van der Waals surface area contributed by atoms with Crippen molar-refractivity contribution >= 4 is 17.3 Å². The largest absolute Gasteiger partial charge is 0.381 e. The van der Waals surface area contributed by atoms with Gasteiger partial charge in [-0.1, -0.05) is 30.3 Å². The Morgan fingerprint density at radius 1 is 0.900 bits per heavy atom. The Kier molecular flexibility index (Phi) is 7.38. The Morgan fingerprint density at radius 3 is 2.27 bits per heavy atom. The summed E-state index contributed by atoms with van der Waals surface area (Å²) in [4.78, 5) is 14.7. The standard InChI is InChI=1S/C25H33N3O2/c29-25(11-6-20-4-2-1-3-5-20)27-21-7-9-24(10-8-21)28-16-12-22(13-17-28)26-23-14-18-30-19-15-23/h1-5,7-10,22-23,26H,6,11-19H2,(H,27,29). The molecule has 2 aliphatic heterocycles. The van der Waals surface area contributed by atoms with E-state index in [2.05, 4.69) is 39.8 Å². The van der Waals surface area contributed by atoms with Gasteiger partial charge in [0.1, 0.15) is 0 Å². The Bertz CT molecular complexity index is 780. The number of carbonyl (C=O) groups excluding carboxylic acids is 1. The first kappa shape index (κ1) is 20.9. The van der Waals surface area contributed by atoms with Crippen LogP contribution in [-0.2, 0) is 16.0 Å². The molecule has 0 atom stereocenters. The molecule has 2 saturated heterocycles. The van der Waals surface area contributed by atoms with Gasteiger partial charge < -0.3 is 20.3 Å². The molecule has 0 aromatic heterocycles. The minimum Gasteiger partial charge on any atom is -0.381 e. The van der Waals surface area contributed by atoms with Crippen LogP contribution in [-0.4, -0.2) is 44.3 Å². The van der Waals surface area contributed by atoms with Gasteiger partial charge in [0.15, 0.2) is 0 Å². The second-order valence-corrected chi connectivity index (χ2v) is 8.40. The van der Waals surface area contributed by atoms with Crippen LogP contribution in [0.3, 0.4) is 0 Å². The molecule has 0 bridgehead atoms. The highest BCUT2D eigenvalue weighted by Gasteiger charge is 2.23. The number of nitrogens with zero attached hydrogens (tertiary/aromatic N) is 1. The minimum atomic E-state index is 0.0617. The summed E-state index contributed by atoms with van der Waals surface area (Å²) in [5.41, 5.74) is 3.30. The van der Waals surface area contributed by atoms with Gasteiger partial charge in [0.05, 0.1) is 0 Å². The van der Waals surface area contributed by atoms with Crippen LogP contribution in [0.1, 0.15) is 37.7 Å². The maximum absolute atomic E-state index is 12.2. The van der Waals surface area contributed by atoms with Crippen molar-refractivity contribution in [3.63, 3.8) is 0 Å². The average Bonchev–Trinajstić information content (AvgIpc) is 2.80. The molecule has 0 radical (unpaired) electrons. The molecule has 0 unspecified atom stereocenters. The van der Waals surface area contributed by atoms with Gasteiger partial charge in [-0.3, -0.25) is 4.79 Å². The van der Waals surface area contributed by atoms with Crippen LogP contribution in [0.5, 0.6) is 0 Å². The van der Waals surface area contributed by atoms with E-state index in [-0.39, 0.29) is 5.91 Å². The van der Waals surface area contributed by atoms with Crippen LogP contribution in [0.4, 0.5) is 11.4 Å². The van der Waals surface area contributed by atoms with Crippen molar-refractivity contribution < 1.29 is 9.53 Å². The highest BCUT2D eigenvalue weighted by atomic mass is 16.5. The maximum atomic E-state index is 12.2. The van der Waals surface area contributed by atoms with Gasteiger partial charge in [-0.05, 0) is 61.9 Å². The van der Waals surface area contributed by atoms with Crippen LogP contribution in [0.15, 0.2) is 54.6 Å². The molecule has 5 heteroatoms. The second kappa shape index (κ2) is 10.6. The van der Waals surface area contributed by atoms with Crippen molar-refractivity contribution in [2.45, 2.75) is 50.6 Å². The first-order chi connectivity index (χ1) is 14.8. The lowest BCUT2D eigenvalue weighted by Gasteiger charge is -2.36. The molecule has 1 amide bonds. The van der Waals surface area contributed by atoms with Gasteiger partial charge in [-0.25, -0.2) is 0 Å². The Balaban J connectivity index is 1.20. The molecule has 2 N–H and O–H groups in total. The quantitative estimate of drug-likeness (QED) is 0.729. The van der Waals surface area contributed by atoms with Gasteiger partial charge in [-0.2, -0.15) is 0 Å². The zero-order chi connectivity index (χ0) is 20.6.